The minimum atomic E-state index is -0.660. The van der Waals surface area contributed by atoms with Crippen LogP contribution in [0.4, 0.5) is 0 Å². The Balaban J connectivity index is 3.49. The predicted octanol–water partition coefficient (Wildman–Crippen LogP) is 0.753. The van der Waals surface area contributed by atoms with Gasteiger partial charge in [-0.05, 0) is 13.5 Å². The van der Waals surface area contributed by atoms with E-state index >= 15 is 0 Å². The minimum Gasteiger partial charge on any atom is -0.316 e. The molecule has 0 rings (SSSR count). The first-order chi connectivity index (χ1) is 4.70. The zero-order valence-electron chi connectivity index (χ0n) is 7.02. The Morgan fingerprint density at radius 2 is 2.20 bits per heavy atom. The minimum absolute atomic E-state index is 0.441. The van der Waals surface area contributed by atoms with E-state index in [1.807, 2.05) is 7.05 Å². The van der Waals surface area contributed by atoms with Crippen LogP contribution in [-0.2, 0) is 10.8 Å². The van der Waals surface area contributed by atoms with Crippen LogP contribution in [0.5, 0.6) is 0 Å². The lowest BCUT2D eigenvalue weighted by molar-refractivity contribution is 0.558. The van der Waals surface area contributed by atoms with E-state index in [0.29, 0.717) is 6.04 Å². The third-order valence-corrected chi connectivity index (χ3v) is 2.35. The van der Waals surface area contributed by atoms with Gasteiger partial charge < -0.3 is 5.32 Å². The van der Waals surface area contributed by atoms with Crippen molar-refractivity contribution in [2.45, 2.75) is 25.8 Å². The number of rotatable bonds is 5. The van der Waals surface area contributed by atoms with Crippen molar-refractivity contribution in [3.8, 4) is 0 Å². The van der Waals surface area contributed by atoms with E-state index in [-0.39, 0.29) is 0 Å². The van der Waals surface area contributed by atoms with Gasteiger partial charge in [-0.2, -0.15) is 0 Å². The molecular formula is C7H17NOS. The standard InChI is InChI=1S/C7H17NOS/c1-4-5-7(8-2)6-10(3)9/h7-8H,4-6H2,1-3H3. The van der Waals surface area contributed by atoms with Crippen molar-refractivity contribution in [3.63, 3.8) is 0 Å². The maximum Gasteiger partial charge on any atom is 0.0385 e. The van der Waals surface area contributed by atoms with Crippen LogP contribution in [0.25, 0.3) is 0 Å². The van der Waals surface area contributed by atoms with Crippen LogP contribution < -0.4 is 5.32 Å². The van der Waals surface area contributed by atoms with Crippen LogP contribution in [0.15, 0.2) is 0 Å². The van der Waals surface area contributed by atoms with E-state index in [4.69, 9.17) is 0 Å². The van der Waals surface area contributed by atoms with Gasteiger partial charge in [0.1, 0.15) is 0 Å². The highest BCUT2D eigenvalue weighted by atomic mass is 32.2. The highest BCUT2D eigenvalue weighted by Crippen LogP contribution is 1.96. The fraction of sp³-hybridized carbons (Fsp3) is 1.00. The molecule has 0 fully saturated rings. The van der Waals surface area contributed by atoms with E-state index in [2.05, 4.69) is 12.2 Å². The van der Waals surface area contributed by atoms with Gasteiger partial charge in [-0.15, -0.1) is 0 Å². The number of hydrogen-bond donors (Lipinski definition) is 1. The molecule has 2 atom stereocenters. The summed E-state index contributed by atoms with van der Waals surface area (Å²) >= 11 is 0. The molecule has 3 heteroatoms. The summed E-state index contributed by atoms with van der Waals surface area (Å²) in [5, 5.41) is 3.14. The van der Waals surface area contributed by atoms with Crippen molar-refractivity contribution in [1.82, 2.24) is 5.32 Å². The first-order valence-electron chi connectivity index (χ1n) is 3.68. The zero-order chi connectivity index (χ0) is 7.98. The summed E-state index contributed by atoms with van der Waals surface area (Å²) in [4.78, 5) is 0. The Bertz CT molecular complexity index is 106. The van der Waals surface area contributed by atoms with Crippen molar-refractivity contribution < 1.29 is 4.21 Å². The third kappa shape index (κ3) is 4.94. The van der Waals surface area contributed by atoms with Gasteiger partial charge in [0.25, 0.3) is 0 Å². The van der Waals surface area contributed by atoms with Crippen molar-refractivity contribution in [3.05, 3.63) is 0 Å². The van der Waals surface area contributed by atoms with Gasteiger partial charge in [-0.1, -0.05) is 13.3 Å². The van der Waals surface area contributed by atoms with Gasteiger partial charge in [-0.25, -0.2) is 0 Å². The molecule has 0 spiro atoms. The lowest BCUT2D eigenvalue weighted by Gasteiger charge is -2.12. The van der Waals surface area contributed by atoms with Crippen molar-refractivity contribution in [1.29, 1.82) is 0 Å². The highest BCUT2D eigenvalue weighted by Gasteiger charge is 2.05. The lowest BCUT2D eigenvalue weighted by atomic mass is 10.2. The molecule has 62 valence electrons. The second-order valence-corrected chi connectivity index (χ2v) is 3.99. The normalized spacial score (nSPS) is 16.7. The molecule has 0 radical (unpaired) electrons. The summed E-state index contributed by atoms with van der Waals surface area (Å²) in [6.07, 6.45) is 4.03. The molecule has 0 aromatic rings. The first-order valence-corrected chi connectivity index (χ1v) is 5.40. The largest absolute Gasteiger partial charge is 0.316 e. The average Bonchev–Trinajstić information content (AvgIpc) is 1.86. The van der Waals surface area contributed by atoms with Crippen LogP contribution in [0.1, 0.15) is 19.8 Å². The molecule has 0 aliphatic heterocycles. The Morgan fingerprint density at radius 3 is 2.50 bits per heavy atom. The topological polar surface area (TPSA) is 29.1 Å². The maximum absolute atomic E-state index is 10.8. The third-order valence-electron chi connectivity index (χ3n) is 1.48. The molecule has 0 saturated heterocycles. The van der Waals surface area contributed by atoms with Gasteiger partial charge >= 0.3 is 0 Å². The van der Waals surface area contributed by atoms with Gasteiger partial charge in [0, 0.05) is 28.9 Å². The lowest BCUT2D eigenvalue weighted by Crippen LogP contribution is -2.30. The van der Waals surface area contributed by atoms with Crippen molar-refractivity contribution in [2.24, 2.45) is 0 Å². The fourth-order valence-electron chi connectivity index (χ4n) is 0.943. The molecule has 2 unspecified atom stereocenters. The summed E-state index contributed by atoms with van der Waals surface area (Å²) < 4.78 is 10.8. The zero-order valence-corrected chi connectivity index (χ0v) is 7.83. The fourth-order valence-corrected chi connectivity index (χ4v) is 1.84. The van der Waals surface area contributed by atoms with Crippen molar-refractivity contribution >= 4 is 10.8 Å². The summed E-state index contributed by atoms with van der Waals surface area (Å²) in [5.41, 5.74) is 0. The average molecular weight is 163 g/mol. The molecule has 0 aliphatic rings. The molecule has 0 aromatic heterocycles. The Labute approximate surface area is 65.9 Å². The molecule has 1 N–H and O–H groups in total. The van der Waals surface area contributed by atoms with Gasteiger partial charge in [0.2, 0.25) is 0 Å². The smallest absolute Gasteiger partial charge is 0.0385 e. The van der Waals surface area contributed by atoms with Gasteiger partial charge in [0.05, 0.1) is 0 Å². The number of nitrogens with one attached hydrogen (secondary N) is 1. The van der Waals surface area contributed by atoms with Crippen LogP contribution in [0.3, 0.4) is 0 Å². The number of hydrogen-bond acceptors (Lipinski definition) is 2. The molecule has 2 nitrogen and oxygen atoms in total. The SMILES string of the molecule is CCCC(CS(C)=O)NC. The van der Waals surface area contributed by atoms with E-state index in [9.17, 15) is 4.21 Å². The quantitative estimate of drug-likeness (QED) is 0.648. The molecule has 10 heavy (non-hydrogen) atoms. The Kier molecular flexibility index (Phi) is 5.93. The highest BCUT2D eigenvalue weighted by molar-refractivity contribution is 7.84. The van der Waals surface area contributed by atoms with E-state index < -0.39 is 10.8 Å². The Hall–Kier alpha value is 0.110. The van der Waals surface area contributed by atoms with Crippen LogP contribution in [0, 0.1) is 0 Å². The molecule has 0 bridgehead atoms. The van der Waals surface area contributed by atoms with Crippen LogP contribution in [-0.4, -0.2) is 29.3 Å². The van der Waals surface area contributed by atoms with Crippen LogP contribution >= 0.6 is 0 Å². The van der Waals surface area contributed by atoms with Crippen LogP contribution in [0.2, 0.25) is 0 Å². The second-order valence-electron chi connectivity index (χ2n) is 2.51. The molecule has 0 aliphatic carbocycles. The monoisotopic (exact) mass is 163 g/mol. The predicted molar refractivity (Wildman–Crippen MR) is 46.7 cm³/mol. The van der Waals surface area contributed by atoms with E-state index in [1.54, 1.807) is 6.26 Å². The second kappa shape index (κ2) is 5.86. The summed E-state index contributed by atoms with van der Waals surface area (Å²) in [7, 11) is 1.26. The molecule has 0 saturated carbocycles. The van der Waals surface area contributed by atoms with E-state index in [0.717, 1.165) is 18.6 Å². The first kappa shape index (κ1) is 10.1. The molecule has 0 amide bonds. The summed E-state index contributed by atoms with van der Waals surface area (Å²) in [6.45, 7) is 2.14. The van der Waals surface area contributed by atoms with Crippen molar-refractivity contribution in [2.75, 3.05) is 19.1 Å². The van der Waals surface area contributed by atoms with E-state index in [1.165, 1.54) is 0 Å². The molecule has 0 heterocycles. The maximum atomic E-state index is 10.8. The Morgan fingerprint density at radius 1 is 1.60 bits per heavy atom. The molecule has 0 aromatic carbocycles. The van der Waals surface area contributed by atoms with Gasteiger partial charge in [-0.3, -0.25) is 4.21 Å². The van der Waals surface area contributed by atoms with Gasteiger partial charge in [0.15, 0.2) is 0 Å². The summed E-state index contributed by atoms with van der Waals surface area (Å²) in [5.74, 6) is 0.782. The summed E-state index contributed by atoms with van der Waals surface area (Å²) in [6, 6.07) is 0.441. The molecular weight excluding hydrogens is 146 g/mol.